The molecule has 0 spiro atoms. The van der Waals surface area contributed by atoms with Crippen LogP contribution < -0.4 is 0 Å². The fraction of sp³-hybridized carbons (Fsp3) is 0.312. The number of hydrogen-bond acceptors (Lipinski definition) is 4. The van der Waals surface area contributed by atoms with Gasteiger partial charge in [-0.25, -0.2) is 0 Å². The van der Waals surface area contributed by atoms with Gasteiger partial charge < -0.3 is 4.90 Å². The van der Waals surface area contributed by atoms with Gasteiger partial charge in [0.05, 0.1) is 4.88 Å². The van der Waals surface area contributed by atoms with E-state index < -0.39 is 0 Å². The lowest BCUT2D eigenvalue weighted by molar-refractivity contribution is 0.0651. The molecule has 3 heterocycles. The summed E-state index contributed by atoms with van der Waals surface area (Å²) in [6.07, 6.45) is 4.74. The molecule has 4 nitrogen and oxygen atoms in total. The number of likely N-dealkylation sites (tertiary alicyclic amines) is 1. The second-order valence-corrected chi connectivity index (χ2v) is 6.09. The molecule has 1 amide bonds. The Bertz CT molecular complexity index is 617. The first-order valence-corrected chi connectivity index (χ1v) is 7.90. The van der Waals surface area contributed by atoms with Gasteiger partial charge in [0, 0.05) is 37.0 Å². The Morgan fingerprint density at radius 2 is 1.86 bits per heavy atom. The standard InChI is InChI=1S/C16H16N2O2S/c19-15(14-2-1-11-21-14)12-5-9-18(10-6-12)16(20)13-3-7-17-8-4-13/h1-4,7-8,11-12H,5-6,9-10H2. The first-order chi connectivity index (χ1) is 10.3. The molecule has 5 heteroatoms. The van der Waals surface area contributed by atoms with Crippen molar-refractivity contribution in [2.45, 2.75) is 12.8 Å². The smallest absolute Gasteiger partial charge is 0.253 e. The molecule has 0 saturated carbocycles. The van der Waals surface area contributed by atoms with Crippen LogP contribution in [0.3, 0.4) is 0 Å². The van der Waals surface area contributed by atoms with E-state index in [2.05, 4.69) is 4.98 Å². The molecule has 2 aromatic rings. The number of pyridine rings is 1. The third-order valence-electron chi connectivity index (χ3n) is 3.84. The Kier molecular flexibility index (Phi) is 4.10. The summed E-state index contributed by atoms with van der Waals surface area (Å²) in [6, 6.07) is 7.23. The number of amides is 1. The maximum Gasteiger partial charge on any atom is 0.253 e. The maximum absolute atomic E-state index is 12.3. The van der Waals surface area contributed by atoms with Gasteiger partial charge in [-0.2, -0.15) is 0 Å². The average Bonchev–Trinajstić information content (AvgIpc) is 3.09. The minimum absolute atomic E-state index is 0.0272. The molecule has 1 fully saturated rings. The van der Waals surface area contributed by atoms with Crippen LogP contribution in [-0.2, 0) is 0 Å². The second kappa shape index (κ2) is 6.18. The molecule has 0 N–H and O–H groups in total. The molecule has 3 rings (SSSR count). The lowest BCUT2D eigenvalue weighted by atomic mass is 9.91. The molecule has 0 radical (unpaired) electrons. The Balaban J connectivity index is 1.60. The molecule has 0 unspecified atom stereocenters. The predicted molar refractivity (Wildman–Crippen MR) is 81.5 cm³/mol. The minimum atomic E-state index is 0.0272. The molecule has 1 aliphatic heterocycles. The van der Waals surface area contributed by atoms with Gasteiger partial charge in [-0.3, -0.25) is 14.6 Å². The minimum Gasteiger partial charge on any atom is -0.339 e. The number of aromatic nitrogens is 1. The number of ketones is 1. The number of Topliss-reactive ketones (excluding diaryl/α,β-unsaturated/α-hetero) is 1. The normalized spacial score (nSPS) is 15.9. The number of piperidine rings is 1. The van der Waals surface area contributed by atoms with E-state index in [-0.39, 0.29) is 17.6 Å². The summed E-state index contributed by atoms with van der Waals surface area (Å²) in [5, 5.41) is 1.93. The zero-order valence-electron chi connectivity index (χ0n) is 11.6. The maximum atomic E-state index is 12.3. The number of hydrogen-bond donors (Lipinski definition) is 0. The van der Waals surface area contributed by atoms with Crippen LogP contribution in [0.2, 0.25) is 0 Å². The van der Waals surface area contributed by atoms with Gasteiger partial charge in [0.2, 0.25) is 0 Å². The highest BCUT2D eigenvalue weighted by Gasteiger charge is 2.28. The molecule has 2 aromatic heterocycles. The zero-order valence-corrected chi connectivity index (χ0v) is 12.4. The van der Waals surface area contributed by atoms with Crippen molar-refractivity contribution >= 4 is 23.0 Å². The summed E-state index contributed by atoms with van der Waals surface area (Å²) in [7, 11) is 0. The van der Waals surface area contributed by atoms with Gasteiger partial charge in [-0.1, -0.05) is 6.07 Å². The topological polar surface area (TPSA) is 50.3 Å². The van der Waals surface area contributed by atoms with Crippen LogP contribution in [0.5, 0.6) is 0 Å². The van der Waals surface area contributed by atoms with Crippen LogP contribution in [0.4, 0.5) is 0 Å². The molecule has 0 aromatic carbocycles. The highest BCUT2D eigenvalue weighted by atomic mass is 32.1. The highest BCUT2D eigenvalue weighted by molar-refractivity contribution is 7.12. The third-order valence-corrected chi connectivity index (χ3v) is 4.73. The number of carbonyl (C=O) groups excluding carboxylic acids is 2. The molecule has 21 heavy (non-hydrogen) atoms. The Morgan fingerprint density at radius 3 is 2.48 bits per heavy atom. The molecule has 0 aliphatic carbocycles. The Hall–Kier alpha value is -2.01. The Labute approximate surface area is 127 Å². The lowest BCUT2D eigenvalue weighted by Crippen LogP contribution is -2.40. The summed E-state index contributed by atoms with van der Waals surface area (Å²) >= 11 is 1.49. The van der Waals surface area contributed by atoms with Crippen LogP contribution in [-0.4, -0.2) is 34.7 Å². The van der Waals surface area contributed by atoms with Crippen molar-refractivity contribution in [3.8, 4) is 0 Å². The fourth-order valence-electron chi connectivity index (χ4n) is 2.64. The van der Waals surface area contributed by atoms with E-state index in [9.17, 15) is 9.59 Å². The molecular weight excluding hydrogens is 284 g/mol. The molecule has 1 saturated heterocycles. The molecule has 0 atom stereocenters. The summed E-state index contributed by atoms with van der Waals surface area (Å²) in [5.41, 5.74) is 0.660. The molecule has 0 bridgehead atoms. The fourth-order valence-corrected chi connectivity index (χ4v) is 3.39. The van der Waals surface area contributed by atoms with Crippen molar-refractivity contribution in [2.75, 3.05) is 13.1 Å². The SMILES string of the molecule is O=C(c1cccs1)C1CCN(C(=O)c2ccncc2)CC1. The first-order valence-electron chi connectivity index (χ1n) is 7.03. The van der Waals surface area contributed by atoms with Gasteiger partial charge in [0.15, 0.2) is 5.78 Å². The van der Waals surface area contributed by atoms with E-state index in [1.54, 1.807) is 24.5 Å². The van der Waals surface area contributed by atoms with Crippen molar-refractivity contribution < 1.29 is 9.59 Å². The van der Waals surface area contributed by atoms with Gasteiger partial charge in [0.25, 0.3) is 5.91 Å². The predicted octanol–water partition coefficient (Wildman–Crippen LogP) is 2.88. The van der Waals surface area contributed by atoms with Gasteiger partial charge in [-0.05, 0) is 36.4 Å². The second-order valence-electron chi connectivity index (χ2n) is 5.14. The van der Waals surface area contributed by atoms with Crippen molar-refractivity contribution in [3.05, 3.63) is 52.5 Å². The highest BCUT2D eigenvalue weighted by Crippen LogP contribution is 2.24. The van der Waals surface area contributed by atoms with Gasteiger partial charge in [0.1, 0.15) is 0 Å². The van der Waals surface area contributed by atoms with E-state index in [0.717, 1.165) is 17.7 Å². The third kappa shape index (κ3) is 3.03. The van der Waals surface area contributed by atoms with Crippen LogP contribution >= 0.6 is 11.3 Å². The number of rotatable bonds is 3. The largest absolute Gasteiger partial charge is 0.339 e. The van der Waals surface area contributed by atoms with Crippen LogP contribution in [0.15, 0.2) is 42.0 Å². The lowest BCUT2D eigenvalue weighted by Gasteiger charge is -2.31. The van der Waals surface area contributed by atoms with E-state index in [1.807, 2.05) is 22.4 Å². The van der Waals surface area contributed by atoms with Crippen molar-refractivity contribution in [2.24, 2.45) is 5.92 Å². The quantitative estimate of drug-likeness (QED) is 0.819. The summed E-state index contributed by atoms with van der Waals surface area (Å²) in [5.74, 6) is 0.297. The van der Waals surface area contributed by atoms with Crippen molar-refractivity contribution in [3.63, 3.8) is 0 Å². The molecule has 1 aliphatic rings. The van der Waals surface area contributed by atoms with Crippen LogP contribution in [0.25, 0.3) is 0 Å². The van der Waals surface area contributed by atoms with Gasteiger partial charge in [-0.15, -0.1) is 11.3 Å². The van der Waals surface area contributed by atoms with E-state index in [1.165, 1.54) is 11.3 Å². The number of thiophene rings is 1. The number of nitrogens with zero attached hydrogens (tertiary/aromatic N) is 2. The molecular formula is C16H16N2O2S. The summed E-state index contributed by atoms with van der Waals surface area (Å²) < 4.78 is 0. The first kappa shape index (κ1) is 13.9. The zero-order chi connectivity index (χ0) is 14.7. The average molecular weight is 300 g/mol. The van der Waals surface area contributed by atoms with Crippen molar-refractivity contribution in [1.82, 2.24) is 9.88 Å². The van der Waals surface area contributed by atoms with Crippen LogP contribution in [0, 0.1) is 5.92 Å². The monoisotopic (exact) mass is 300 g/mol. The number of carbonyl (C=O) groups is 2. The Morgan fingerprint density at radius 1 is 1.14 bits per heavy atom. The van der Waals surface area contributed by atoms with Crippen LogP contribution in [0.1, 0.15) is 32.9 Å². The summed E-state index contributed by atoms with van der Waals surface area (Å²) in [6.45, 7) is 1.28. The van der Waals surface area contributed by atoms with Gasteiger partial charge >= 0.3 is 0 Å². The van der Waals surface area contributed by atoms with E-state index in [4.69, 9.17) is 0 Å². The van der Waals surface area contributed by atoms with E-state index in [0.29, 0.717) is 18.7 Å². The van der Waals surface area contributed by atoms with Crippen molar-refractivity contribution in [1.29, 1.82) is 0 Å². The molecule has 108 valence electrons. The van der Waals surface area contributed by atoms with E-state index >= 15 is 0 Å². The summed E-state index contributed by atoms with van der Waals surface area (Å²) in [4.78, 5) is 31.2.